The number of fused-ring (bicyclic) bond motifs is 1. The van der Waals surface area contributed by atoms with Gasteiger partial charge in [0, 0.05) is 28.3 Å². The molecule has 4 heteroatoms. The molecular formula is C49H37N3Si. The van der Waals surface area contributed by atoms with Gasteiger partial charge >= 0.3 is 0 Å². The van der Waals surface area contributed by atoms with Crippen molar-refractivity contribution in [3.63, 3.8) is 0 Å². The van der Waals surface area contributed by atoms with Crippen LogP contribution in [0.5, 0.6) is 0 Å². The lowest BCUT2D eigenvalue weighted by atomic mass is 10.2. The molecule has 0 saturated heterocycles. The molecular weight excluding hydrogens is 659 g/mol. The molecule has 1 heterocycles. The summed E-state index contributed by atoms with van der Waals surface area (Å²) in [7, 11) is -2.80. The third-order valence-corrected chi connectivity index (χ3v) is 14.9. The van der Waals surface area contributed by atoms with Crippen molar-refractivity contribution in [1.82, 2.24) is 9.55 Å². The number of hydrogen-bond donors (Lipinski definition) is 0. The van der Waals surface area contributed by atoms with Gasteiger partial charge in [0.25, 0.3) is 0 Å². The van der Waals surface area contributed by atoms with Gasteiger partial charge < -0.3 is 4.90 Å². The van der Waals surface area contributed by atoms with Crippen LogP contribution in [0.1, 0.15) is 0 Å². The molecule has 0 saturated carbocycles. The van der Waals surface area contributed by atoms with E-state index in [0.717, 1.165) is 45.2 Å². The quantitative estimate of drug-likeness (QED) is 0.111. The molecule has 0 radical (unpaired) electrons. The maximum atomic E-state index is 5.17. The van der Waals surface area contributed by atoms with Crippen LogP contribution in [0, 0.1) is 0 Å². The normalized spacial score (nSPS) is 11.4. The molecule has 9 aromatic rings. The van der Waals surface area contributed by atoms with E-state index in [0.29, 0.717) is 0 Å². The van der Waals surface area contributed by atoms with Crippen molar-refractivity contribution < 1.29 is 0 Å². The lowest BCUT2D eigenvalue weighted by Crippen LogP contribution is -2.74. The van der Waals surface area contributed by atoms with E-state index in [2.05, 4.69) is 234 Å². The summed E-state index contributed by atoms with van der Waals surface area (Å²) >= 11 is 0. The number of imidazole rings is 1. The molecule has 0 aliphatic carbocycles. The van der Waals surface area contributed by atoms with Crippen LogP contribution >= 0.6 is 0 Å². The number of benzene rings is 8. The highest BCUT2D eigenvalue weighted by Gasteiger charge is 2.41. The summed E-state index contributed by atoms with van der Waals surface area (Å²) in [4.78, 5) is 7.50. The fourth-order valence-electron chi connectivity index (χ4n) is 7.77. The van der Waals surface area contributed by atoms with Crippen molar-refractivity contribution in [2.75, 3.05) is 4.90 Å². The smallest absolute Gasteiger partial charge is 0.179 e. The van der Waals surface area contributed by atoms with E-state index in [-0.39, 0.29) is 0 Å². The van der Waals surface area contributed by atoms with E-state index in [1.807, 2.05) is 0 Å². The van der Waals surface area contributed by atoms with Gasteiger partial charge in [0.1, 0.15) is 5.82 Å². The molecule has 0 unspecified atom stereocenters. The Morgan fingerprint density at radius 2 is 0.755 bits per heavy atom. The molecule has 0 aliphatic heterocycles. The van der Waals surface area contributed by atoms with Gasteiger partial charge in [0.15, 0.2) is 8.07 Å². The van der Waals surface area contributed by atoms with Crippen LogP contribution in [0.25, 0.3) is 28.1 Å². The summed E-state index contributed by atoms with van der Waals surface area (Å²) in [6.45, 7) is 0. The van der Waals surface area contributed by atoms with E-state index in [9.17, 15) is 0 Å². The third kappa shape index (κ3) is 5.85. The highest BCUT2D eigenvalue weighted by atomic mass is 28.3. The number of nitrogens with zero attached hydrogens (tertiary/aromatic N) is 3. The molecule has 0 N–H and O–H groups in total. The Labute approximate surface area is 311 Å². The summed E-state index contributed by atoms with van der Waals surface area (Å²) < 4.78 is 2.27. The minimum Gasteiger partial charge on any atom is -0.311 e. The largest absolute Gasteiger partial charge is 0.311 e. The van der Waals surface area contributed by atoms with Crippen molar-refractivity contribution in [2.45, 2.75) is 0 Å². The highest BCUT2D eigenvalue weighted by molar-refractivity contribution is 7.19. The van der Waals surface area contributed by atoms with Crippen molar-refractivity contribution in [3.05, 3.63) is 224 Å². The second kappa shape index (κ2) is 14.1. The Hall–Kier alpha value is -6.75. The van der Waals surface area contributed by atoms with Crippen LogP contribution in [0.3, 0.4) is 0 Å². The van der Waals surface area contributed by atoms with E-state index >= 15 is 0 Å². The molecule has 252 valence electrons. The highest BCUT2D eigenvalue weighted by Crippen LogP contribution is 2.34. The van der Waals surface area contributed by atoms with Gasteiger partial charge in [-0.15, -0.1) is 0 Å². The minimum absolute atomic E-state index is 0.932. The molecule has 0 atom stereocenters. The fourth-order valence-corrected chi connectivity index (χ4v) is 12.5. The summed E-state index contributed by atoms with van der Waals surface area (Å²) in [6, 6.07) is 80.9. The van der Waals surface area contributed by atoms with Gasteiger partial charge in [-0.1, -0.05) is 164 Å². The standard InChI is InChI=1S/C49H37N3Si/c1-6-18-39(19-7-1)51(40-20-8-2-9-21-40)42-32-36-46(37-33-42)53(43-24-12-4-13-25-43,44-26-14-5-15-27-44)45-34-30-38(31-35-45)49-50-47-28-16-17-29-48(47)52(49)41-22-10-3-11-23-41/h1-37H. The first-order valence-corrected chi connectivity index (χ1v) is 20.1. The van der Waals surface area contributed by atoms with Crippen molar-refractivity contribution in [3.8, 4) is 17.1 Å². The third-order valence-electron chi connectivity index (χ3n) is 10.2. The topological polar surface area (TPSA) is 21.1 Å². The average Bonchev–Trinajstić information content (AvgIpc) is 3.64. The summed E-state index contributed by atoms with van der Waals surface area (Å²) in [5.74, 6) is 0.932. The van der Waals surface area contributed by atoms with Crippen molar-refractivity contribution in [2.24, 2.45) is 0 Å². The van der Waals surface area contributed by atoms with Gasteiger partial charge in [-0.05, 0) is 81.4 Å². The van der Waals surface area contributed by atoms with Crippen LogP contribution < -0.4 is 25.6 Å². The molecule has 53 heavy (non-hydrogen) atoms. The lowest BCUT2D eigenvalue weighted by Gasteiger charge is -2.35. The van der Waals surface area contributed by atoms with E-state index in [4.69, 9.17) is 4.98 Å². The molecule has 0 aliphatic rings. The zero-order valence-corrected chi connectivity index (χ0v) is 30.2. The molecule has 9 rings (SSSR count). The van der Waals surface area contributed by atoms with Crippen LogP contribution in [0.4, 0.5) is 17.1 Å². The predicted molar refractivity (Wildman–Crippen MR) is 225 cm³/mol. The number of rotatable bonds is 9. The predicted octanol–water partition coefficient (Wildman–Crippen LogP) is 9.54. The number of anilines is 3. The zero-order chi connectivity index (χ0) is 35.5. The Bertz CT molecular complexity index is 2490. The number of para-hydroxylation sites is 5. The molecule has 0 spiro atoms. The van der Waals surface area contributed by atoms with Crippen molar-refractivity contribution in [1.29, 1.82) is 0 Å². The Morgan fingerprint density at radius 3 is 1.28 bits per heavy atom. The Balaban J connectivity index is 1.22. The van der Waals surface area contributed by atoms with Crippen molar-refractivity contribution >= 4 is 56.9 Å². The van der Waals surface area contributed by atoms with Crippen LogP contribution in [-0.4, -0.2) is 17.6 Å². The summed E-state index contributed by atoms with van der Waals surface area (Å²) in [5, 5.41) is 5.32. The van der Waals surface area contributed by atoms with Crippen LogP contribution in [0.2, 0.25) is 0 Å². The van der Waals surface area contributed by atoms with Gasteiger partial charge in [0.2, 0.25) is 0 Å². The van der Waals surface area contributed by atoms with Crippen LogP contribution in [-0.2, 0) is 0 Å². The Kier molecular flexibility index (Phi) is 8.56. The summed E-state index contributed by atoms with van der Waals surface area (Å²) in [6.07, 6.45) is 0. The van der Waals surface area contributed by atoms with Gasteiger partial charge in [-0.2, -0.15) is 0 Å². The first-order valence-electron chi connectivity index (χ1n) is 18.1. The second-order valence-corrected chi connectivity index (χ2v) is 17.0. The number of hydrogen-bond acceptors (Lipinski definition) is 2. The van der Waals surface area contributed by atoms with E-state index in [1.54, 1.807) is 0 Å². The summed E-state index contributed by atoms with van der Waals surface area (Å²) in [5.41, 5.74) is 7.61. The van der Waals surface area contributed by atoms with Crippen LogP contribution in [0.15, 0.2) is 224 Å². The van der Waals surface area contributed by atoms with Gasteiger partial charge in [-0.25, -0.2) is 4.98 Å². The fraction of sp³-hybridized carbons (Fsp3) is 0. The first-order chi connectivity index (χ1) is 26.3. The average molecular weight is 696 g/mol. The van der Waals surface area contributed by atoms with E-state index in [1.165, 1.54) is 20.7 Å². The monoisotopic (exact) mass is 695 g/mol. The molecule has 8 aromatic carbocycles. The van der Waals surface area contributed by atoms with E-state index < -0.39 is 8.07 Å². The SMILES string of the molecule is c1ccc(N(c2ccccc2)c2ccc([Si](c3ccccc3)(c3ccccc3)c3ccc(-c4nc5ccccc5n4-c4ccccc4)cc3)cc2)cc1. The number of aromatic nitrogens is 2. The Morgan fingerprint density at radius 1 is 0.358 bits per heavy atom. The second-order valence-electron chi connectivity index (χ2n) is 13.2. The molecule has 0 bridgehead atoms. The maximum absolute atomic E-state index is 5.17. The zero-order valence-electron chi connectivity index (χ0n) is 29.2. The first kappa shape index (κ1) is 32.2. The van der Waals surface area contributed by atoms with Gasteiger partial charge in [0.05, 0.1) is 11.0 Å². The molecule has 0 amide bonds. The minimum atomic E-state index is -2.80. The lowest BCUT2D eigenvalue weighted by molar-refractivity contribution is 1.10. The van der Waals surface area contributed by atoms with Gasteiger partial charge in [-0.3, -0.25) is 4.57 Å². The molecule has 0 fully saturated rings. The molecule has 1 aromatic heterocycles. The molecule has 3 nitrogen and oxygen atoms in total. The maximum Gasteiger partial charge on any atom is 0.179 e.